The number of halogens is 1. The van der Waals surface area contributed by atoms with Gasteiger partial charge in [0.15, 0.2) is 0 Å². The van der Waals surface area contributed by atoms with Gasteiger partial charge in [0.05, 0.1) is 6.04 Å². The molecule has 2 amide bonds. The third-order valence-electron chi connectivity index (χ3n) is 6.91. The van der Waals surface area contributed by atoms with E-state index in [9.17, 15) is 9.59 Å². The lowest BCUT2D eigenvalue weighted by atomic mass is 9.97. The van der Waals surface area contributed by atoms with E-state index < -0.39 is 5.54 Å². The zero-order chi connectivity index (χ0) is 24.9. The van der Waals surface area contributed by atoms with E-state index in [0.717, 1.165) is 17.9 Å². The van der Waals surface area contributed by atoms with Crippen LogP contribution in [0.5, 0.6) is 0 Å². The van der Waals surface area contributed by atoms with E-state index >= 15 is 0 Å². The number of benzene rings is 1. The Hall–Kier alpha value is -2.47. The number of dihydropyridines is 1. The number of nitrogens with zero attached hydrogens (tertiary/aromatic N) is 2. The Bertz CT molecular complexity index is 950. The van der Waals surface area contributed by atoms with E-state index in [1.54, 1.807) is 18.7 Å². The molecule has 1 unspecified atom stereocenters. The van der Waals surface area contributed by atoms with Crippen molar-refractivity contribution in [1.29, 1.82) is 0 Å². The Morgan fingerprint density at radius 1 is 1.21 bits per heavy atom. The molecule has 1 saturated heterocycles. The van der Waals surface area contributed by atoms with Crippen LogP contribution in [-0.4, -0.2) is 47.9 Å². The quantitative estimate of drug-likeness (QED) is 0.623. The monoisotopic (exact) mass is 486 g/mol. The normalized spacial score (nSPS) is 22.0. The number of nitrogens with one attached hydrogen (secondary N) is 2. The molecule has 7 heteroatoms. The maximum atomic E-state index is 13.3. The molecule has 0 spiro atoms. The summed E-state index contributed by atoms with van der Waals surface area (Å²) >= 11 is 6.31. The largest absolute Gasteiger partial charge is 0.373 e. The average molecular weight is 487 g/mol. The smallest absolute Gasteiger partial charge is 0.270 e. The van der Waals surface area contributed by atoms with Gasteiger partial charge in [-0.25, -0.2) is 0 Å². The highest BCUT2D eigenvalue weighted by molar-refractivity contribution is 6.30. The van der Waals surface area contributed by atoms with Gasteiger partial charge in [-0.15, -0.1) is 0 Å². The van der Waals surface area contributed by atoms with Gasteiger partial charge in [-0.05, 0) is 69.9 Å². The Kier molecular flexibility index (Phi) is 8.69. The fourth-order valence-corrected chi connectivity index (χ4v) is 5.17. The van der Waals surface area contributed by atoms with Crippen molar-refractivity contribution < 1.29 is 9.59 Å². The highest BCUT2D eigenvalue weighted by atomic mass is 35.5. The Labute approximate surface area is 209 Å². The molecule has 2 aliphatic heterocycles. The first-order valence-corrected chi connectivity index (χ1v) is 13.0. The molecule has 0 aromatic heterocycles. The first kappa shape index (κ1) is 26.1. The van der Waals surface area contributed by atoms with Crippen LogP contribution in [0.4, 0.5) is 5.69 Å². The Morgan fingerprint density at radius 2 is 1.91 bits per heavy atom. The molecule has 1 aliphatic carbocycles. The minimum atomic E-state index is -0.875. The highest BCUT2D eigenvalue weighted by Gasteiger charge is 2.42. The molecule has 0 bridgehead atoms. The number of piperazine rings is 1. The van der Waals surface area contributed by atoms with E-state index in [1.165, 1.54) is 25.7 Å². The second kappa shape index (κ2) is 11.3. The van der Waals surface area contributed by atoms with Crippen LogP contribution in [0.25, 0.3) is 0 Å². The fourth-order valence-electron chi connectivity index (χ4n) is 4.98. The molecule has 34 heavy (non-hydrogen) atoms. The van der Waals surface area contributed by atoms with Gasteiger partial charge < -0.3 is 20.4 Å². The third kappa shape index (κ3) is 5.60. The average Bonchev–Trinajstić information content (AvgIpc) is 3.34. The summed E-state index contributed by atoms with van der Waals surface area (Å²) in [4.78, 5) is 29.6. The van der Waals surface area contributed by atoms with Crippen molar-refractivity contribution in [3.63, 3.8) is 0 Å². The molecule has 1 aromatic carbocycles. The molecule has 1 aromatic rings. The molecule has 2 fully saturated rings. The maximum absolute atomic E-state index is 13.3. The Morgan fingerprint density at radius 3 is 2.56 bits per heavy atom. The summed E-state index contributed by atoms with van der Waals surface area (Å²) in [6, 6.07) is 7.91. The van der Waals surface area contributed by atoms with Gasteiger partial charge in [-0.2, -0.15) is 0 Å². The van der Waals surface area contributed by atoms with Crippen LogP contribution in [0.2, 0.25) is 5.02 Å². The number of allylic oxidation sites excluding steroid dienone is 2. The summed E-state index contributed by atoms with van der Waals surface area (Å²) in [5, 5.41) is 6.96. The van der Waals surface area contributed by atoms with Crippen molar-refractivity contribution in [2.45, 2.75) is 71.9 Å². The number of anilines is 1. The van der Waals surface area contributed by atoms with E-state index in [-0.39, 0.29) is 17.9 Å². The Balaban J connectivity index is 0.00000158. The SMILES string of the molecule is CC.CC1NC(C(=O)N2CCNC(=O)C2(C)C)=CC=C1N(CC1CCCC1)c1cccc(Cl)c1. The summed E-state index contributed by atoms with van der Waals surface area (Å²) < 4.78 is 0. The van der Waals surface area contributed by atoms with Crippen LogP contribution in [0.15, 0.2) is 47.8 Å². The third-order valence-corrected chi connectivity index (χ3v) is 7.15. The fraction of sp³-hybridized carbons (Fsp3) is 0.556. The van der Waals surface area contributed by atoms with Crippen LogP contribution in [-0.2, 0) is 9.59 Å². The van der Waals surface area contributed by atoms with Crippen LogP contribution in [0, 0.1) is 5.92 Å². The van der Waals surface area contributed by atoms with E-state index in [1.807, 2.05) is 44.2 Å². The van der Waals surface area contributed by atoms with Gasteiger partial charge in [0.1, 0.15) is 11.2 Å². The lowest BCUT2D eigenvalue weighted by molar-refractivity contribution is -0.146. The van der Waals surface area contributed by atoms with E-state index in [2.05, 4.69) is 28.5 Å². The number of hydrogen-bond donors (Lipinski definition) is 2. The first-order chi connectivity index (χ1) is 16.3. The van der Waals surface area contributed by atoms with Crippen molar-refractivity contribution in [2.75, 3.05) is 24.5 Å². The number of rotatable bonds is 5. The lowest BCUT2D eigenvalue weighted by Crippen LogP contribution is -2.64. The van der Waals surface area contributed by atoms with Crippen molar-refractivity contribution in [2.24, 2.45) is 5.92 Å². The second-order valence-corrected chi connectivity index (χ2v) is 9.99. The predicted octanol–water partition coefficient (Wildman–Crippen LogP) is 4.86. The molecule has 3 aliphatic rings. The molecule has 1 saturated carbocycles. The van der Waals surface area contributed by atoms with Crippen molar-refractivity contribution in [1.82, 2.24) is 15.5 Å². The standard InChI is InChI=1S/C25H33ClN4O2.C2H6/c1-17-22(29(16-18-7-4-5-8-18)20-10-6-9-19(26)15-20)12-11-21(28-17)23(31)30-14-13-27-24(32)25(30,2)3;1-2/h6,9-12,15,17-18,28H,4-5,7-8,13-14,16H2,1-3H3,(H,27,32);1-2H3. The summed E-state index contributed by atoms with van der Waals surface area (Å²) in [5.41, 5.74) is 1.84. The molecule has 4 rings (SSSR count). The van der Waals surface area contributed by atoms with Crippen LogP contribution >= 0.6 is 11.6 Å². The number of carbonyl (C=O) groups is 2. The van der Waals surface area contributed by atoms with Crippen LogP contribution in [0.3, 0.4) is 0 Å². The predicted molar refractivity (Wildman–Crippen MR) is 140 cm³/mol. The molecule has 6 nitrogen and oxygen atoms in total. The number of carbonyl (C=O) groups excluding carboxylic acids is 2. The molecule has 186 valence electrons. The summed E-state index contributed by atoms with van der Waals surface area (Å²) in [6.07, 6.45) is 8.97. The number of hydrogen-bond acceptors (Lipinski definition) is 4. The summed E-state index contributed by atoms with van der Waals surface area (Å²) in [5.74, 6) is 0.389. The topological polar surface area (TPSA) is 64.7 Å². The van der Waals surface area contributed by atoms with E-state index in [0.29, 0.717) is 29.7 Å². The molecular weight excluding hydrogens is 448 g/mol. The van der Waals surface area contributed by atoms with E-state index in [4.69, 9.17) is 11.6 Å². The molecule has 2 heterocycles. The van der Waals surface area contributed by atoms with Crippen LogP contribution < -0.4 is 15.5 Å². The second-order valence-electron chi connectivity index (χ2n) is 9.55. The maximum Gasteiger partial charge on any atom is 0.270 e. The van der Waals surface area contributed by atoms with Gasteiger partial charge in [0, 0.05) is 36.0 Å². The van der Waals surface area contributed by atoms with Crippen molar-refractivity contribution >= 4 is 29.1 Å². The minimum absolute atomic E-state index is 0.0546. The number of amides is 2. The summed E-state index contributed by atoms with van der Waals surface area (Å²) in [6.45, 7) is 11.6. The molecule has 1 atom stereocenters. The van der Waals surface area contributed by atoms with Crippen LogP contribution in [0.1, 0.15) is 60.3 Å². The van der Waals surface area contributed by atoms with Gasteiger partial charge in [0.25, 0.3) is 5.91 Å². The minimum Gasteiger partial charge on any atom is -0.373 e. The van der Waals surface area contributed by atoms with Gasteiger partial charge in [0.2, 0.25) is 5.91 Å². The zero-order valence-corrected chi connectivity index (χ0v) is 21.9. The van der Waals surface area contributed by atoms with Crippen molar-refractivity contribution in [3.8, 4) is 0 Å². The highest BCUT2D eigenvalue weighted by Crippen LogP contribution is 2.32. The first-order valence-electron chi connectivity index (χ1n) is 12.6. The lowest BCUT2D eigenvalue weighted by Gasteiger charge is -2.42. The van der Waals surface area contributed by atoms with Gasteiger partial charge in [-0.3, -0.25) is 9.59 Å². The van der Waals surface area contributed by atoms with Crippen molar-refractivity contribution in [3.05, 3.63) is 52.8 Å². The molecule has 2 N–H and O–H groups in total. The zero-order valence-electron chi connectivity index (χ0n) is 21.2. The summed E-state index contributed by atoms with van der Waals surface area (Å²) in [7, 11) is 0. The molecule has 0 radical (unpaired) electrons. The molecular formula is C27H39ClN4O2. The van der Waals surface area contributed by atoms with Gasteiger partial charge in [-0.1, -0.05) is 44.4 Å². The van der Waals surface area contributed by atoms with Gasteiger partial charge >= 0.3 is 0 Å².